The lowest BCUT2D eigenvalue weighted by Gasteiger charge is -2.26. The third-order valence-corrected chi connectivity index (χ3v) is 2.94. The molecule has 0 bridgehead atoms. The molecule has 21 heavy (non-hydrogen) atoms. The average Bonchev–Trinajstić information content (AvgIpc) is 2.66. The van der Waals surface area contributed by atoms with Gasteiger partial charge >= 0.3 is 12.1 Å². The summed E-state index contributed by atoms with van der Waals surface area (Å²) >= 11 is 0. The van der Waals surface area contributed by atoms with Gasteiger partial charge < -0.3 is 19.5 Å². The van der Waals surface area contributed by atoms with Crippen molar-refractivity contribution in [3.8, 4) is 0 Å². The molecule has 1 N–H and O–H groups in total. The molecule has 0 aromatic heterocycles. The largest absolute Gasteiger partial charge is 0.460 e. The number of cyclic esters (lactones) is 1. The van der Waals surface area contributed by atoms with E-state index in [9.17, 15) is 9.59 Å². The van der Waals surface area contributed by atoms with Crippen molar-refractivity contribution < 1.29 is 23.8 Å². The van der Waals surface area contributed by atoms with Crippen LogP contribution in [0.4, 0.5) is 4.79 Å². The van der Waals surface area contributed by atoms with Gasteiger partial charge in [0, 0.05) is 0 Å². The number of hydrogen-bond acceptors (Lipinski definition) is 5. The summed E-state index contributed by atoms with van der Waals surface area (Å²) in [6, 6.07) is -0.436. The van der Waals surface area contributed by atoms with E-state index in [1.807, 2.05) is 0 Å². The van der Waals surface area contributed by atoms with Crippen molar-refractivity contribution in [1.29, 1.82) is 0 Å². The van der Waals surface area contributed by atoms with Crippen LogP contribution in [0.3, 0.4) is 0 Å². The Labute approximate surface area is 125 Å². The third-order valence-electron chi connectivity index (χ3n) is 2.94. The van der Waals surface area contributed by atoms with Gasteiger partial charge in [-0.05, 0) is 27.2 Å². The van der Waals surface area contributed by atoms with Gasteiger partial charge in [-0.3, -0.25) is 4.79 Å². The fourth-order valence-corrected chi connectivity index (χ4v) is 1.98. The Kier molecular flexibility index (Phi) is 6.20. The first-order chi connectivity index (χ1) is 9.73. The van der Waals surface area contributed by atoms with Crippen LogP contribution in [0.25, 0.3) is 0 Å². The summed E-state index contributed by atoms with van der Waals surface area (Å²) in [5.74, 6) is -0.419. The molecule has 1 heterocycles. The van der Waals surface area contributed by atoms with Gasteiger partial charge in [-0.1, -0.05) is 13.0 Å². The Morgan fingerprint density at radius 2 is 2.24 bits per heavy atom. The molecule has 6 heteroatoms. The number of esters is 1. The molecular formula is C15H25NO5. The molecule has 0 radical (unpaired) electrons. The number of ether oxygens (including phenoxy) is 3. The number of carbonyl (C=O) groups is 2. The number of rotatable bonds is 6. The summed E-state index contributed by atoms with van der Waals surface area (Å²) in [7, 11) is 0. The molecule has 1 amide bonds. The maximum absolute atomic E-state index is 11.9. The molecule has 0 unspecified atom stereocenters. The van der Waals surface area contributed by atoms with Crippen LogP contribution in [-0.2, 0) is 19.0 Å². The zero-order valence-corrected chi connectivity index (χ0v) is 13.2. The SMILES string of the molecule is C=CCOC[C@H](NC(=O)OC(C)(C)C)[C@@H]1C[C@@H](C)C(=O)O1. The molecule has 120 valence electrons. The second-order valence-corrected chi connectivity index (χ2v) is 6.19. The van der Waals surface area contributed by atoms with Crippen LogP contribution in [0, 0.1) is 5.92 Å². The van der Waals surface area contributed by atoms with E-state index < -0.39 is 23.8 Å². The molecule has 0 aromatic carbocycles. The molecule has 3 atom stereocenters. The van der Waals surface area contributed by atoms with Gasteiger partial charge in [0.25, 0.3) is 0 Å². The minimum atomic E-state index is -0.587. The summed E-state index contributed by atoms with van der Waals surface area (Å²) in [6.45, 7) is 11.3. The predicted octanol–water partition coefficient (Wildman–Crippen LogP) is 2.03. The second kappa shape index (κ2) is 7.45. The minimum Gasteiger partial charge on any atom is -0.460 e. The molecule has 1 aliphatic heterocycles. The van der Waals surface area contributed by atoms with Gasteiger partial charge in [0.1, 0.15) is 11.7 Å². The average molecular weight is 299 g/mol. The molecule has 1 fully saturated rings. The van der Waals surface area contributed by atoms with Crippen molar-refractivity contribution in [3.63, 3.8) is 0 Å². The van der Waals surface area contributed by atoms with Gasteiger partial charge in [0.2, 0.25) is 0 Å². The fraction of sp³-hybridized carbons (Fsp3) is 0.733. The number of alkyl carbamates (subject to hydrolysis) is 1. The first-order valence-corrected chi connectivity index (χ1v) is 7.11. The number of nitrogens with one attached hydrogen (secondary N) is 1. The van der Waals surface area contributed by atoms with E-state index >= 15 is 0 Å². The molecule has 0 saturated carbocycles. The number of carbonyl (C=O) groups excluding carboxylic acids is 2. The Hall–Kier alpha value is -1.56. The number of amides is 1. The maximum Gasteiger partial charge on any atom is 0.408 e. The summed E-state index contributed by atoms with van der Waals surface area (Å²) in [6.07, 6.45) is 1.22. The normalized spacial score (nSPS) is 23.3. The zero-order chi connectivity index (χ0) is 16.0. The van der Waals surface area contributed by atoms with Gasteiger partial charge in [-0.15, -0.1) is 6.58 Å². The van der Waals surface area contributed by atoms with Gasteiger partial charge in [0.05, 0.1) is 25.2 Å². The summed E-state index contributed by atoms with van der Waals surface area (Å²) in [4.78, 5) is 23.4. The van der Waals surface area contributed by atoms with Crippen molar-refractivity contribution in [2.45, 2.75) is 51.9 Å². The highest BCUT2D eigenvalue weighted by Gasteiger charge is 2.37. The summed E-state index contributed by atoms with van der Waals surface area (Å²) in [5.41, 5.74) is -0.587. The van der Waals surface area contributed by atoms with Crippen LogP contribution >= 0.6 is 0 Å². The standard InChI is InChI=1S/C15H25NO5/c1-6-7-19-9-11(12-8-10(2)13(17)20-12)16-14(18)21-15(3,4)5/h6,10-12H,1,7-9H2,2-5H3,(H,16,18)/t10-,11+,12+/m1/s1. The molecule has 1 saturated heterocycles. The summed E-state index contributed by atoms with van der Waals surface area (Å²) in [5, 5.41) is 2.72. The first-order valence-electron chi connectivity index (χ1n) is 7.11. The Morgan fingerprint density at radius 3 is 2.71 bits per heavy atom. The van der Waals surface area contributed by atoms with Gasteiger partial charge in [0.15, 0.2) is 0 Å². The monoisotopic (exact) mass is 299 g/mol. The molecule has 1 rings (SSSR count). The van der Waals surface area contributed by atoms with E-state index in [2.05, 4.69) is 11.9 Å². The minimum absolute atomic E-state index is 0.169. The van der Waals surface area contributed by atoms with Crippen molar-refractivity contribution in [2.75, 3.05) is 13.2 Å². The van der Waals surface area contributed by atoms with E-state index in [1.165, 1.54) is 0 Å². The Bertz CT molecular complexity index is 388. The molecule has 0 aliphatic carbocycles. The molecular weight excluding hydrogens is 274 g/mol. The fourth-order valence-electron chi connectivity index (χ4n) is 1.98. The van der Waals surface area contributed by atoms with E-state index in [1.54, 1.807) is 33.8 Å². The van der Waals surface area contributed by atoms with Crippen LogP contribution in [0.2, 0.25) is 0 Å². The van der Waals surface area contributed by atoms with Crippen LogP contribution in [0.5, 0.6) is 0 Å². The van der Waals surface area contributed by atoms with Gasteiger partial charge in [-0.25, -0.2) is 4.79 Å². The highest BCUT2D eigenvalue weighted by atomic mass is 16.6. The van der Waals surface area contributed by atoms with Crippen molar-refractivity contribution in [3.05, 3.63) is 12.7 Å². The second-order valence-electron chi connectivity index (χ2n) is 6.19. The van der Waals surface area contributed by atoms with E-state index in [0.29, 0.717) is 13.0 Å². The van der Waals surface area contributed by atoms with Crippen LogP contribution in [0.15, 0.2) is 12.7 Å². The van der Waals surface area contributed by atoms with E-state index in [-0.39, 0.29) is 18.5 Å². The highest BCUT2D eigenvalue weighted by Crippen LogP contribution is 2.23. The topological polar surface area (TPSA) is 73.9 Å². The molecule has 0 aromatic rings. The van der Waals surface area contributed by atoms with Crippen LogP contribution < -0.4 is 5.32 Å². The third kappa shape index (κ3) is 6.16. The molecule has 0 spiro atoms. The smallest absolute Gasteiger partial charge is 0.408 e. The Balaban J connectivity index is 2.62. The highest BCUT2D eigenvalue weighted by molar-refractivity contribution is 5.74. The van der Waals surface area contributed by atoms with E-state index in [4.69, 9.17) is 14.2 Å². The van der Waals surface area contributed by atoms with Gasteiger partial charge in [-0.2, -0.15) is 0 Å². The quantitative estimate of drug-likeness (QED) is 0.461. The maximum atomic E-state index is 11.9. The first kappa shape index (κ1) is 17.5. The number of hydrogen-bond donors (Lipinski definition) is 1. The zero-order valence-electron chi connectivity index (χ0n) is 13.2. The molecule has 1 aliphatic rings. The molecule has 6 nitrogen and oxygen atoms in total. The summed E-state index contributed by atoms with van der Waals surface area (Å²) < 4.78 is 15.9. The lowest BCUT2D eigenvalue weighted by Crippen LogP contribution is -2.48. The van der Waals surface area contributed by atoms with Crippen molar-refractivity contribution >= 4 is 12.1 Å². The lowest BCUT2D eigenvalue weighted by molar-refractivity contribution is -0.145. The van der Waals surface area contributed by atoms with Crippen molar-refractivity contribution in [1.82, 2.24) is 5.32 Å². The van der Waals surface area contributed by atoms with Crippen LogP contribution in [0.1, 0.15) is 34.1 Å². The van der Waals surface area contributed by atoms with Crippen LogP contribution in [-0.4, -0.2) is 43.0 Å². The Morgan fingerprint density at radius 1 is 1.57 bits per heavy atom. The van der Waals surface area contributed by atoms with Crippen molar-refractivity contribution in [2.24, 2.45) is 5.92 Å². The predicted molar refractivity (Wildman–Crippen MR) is 77.8 cm³/mol. The van der Waals surface area contributed by atoms with E-state index in [0.717, 1.165) is 0 Å². The lowest BCUT2D eigenvalue weighted by atomic mass is 10.0.